The first-order valence-corrected chi connectivity index (χ1v) is 5.43. The lowest BCUT2D eigenvalue weighted by molar-refractivity contribution is -0.384. The molecule has 1 aromatic carbocycles. The third-order valence-corrected chi connectivity index (χ3v) is 2.51. The highest BCUT2D eigenvalue weighted by Gasteiger charge is 2.19. The molecule has 0 saturated carbocycles. The van der Waals surface area contributed by atoms with E-state index >= 15 is 0 Å². The molecule has 0 aliphatic carbocycles. The summed E-state index contributed by atoms with van der Waals surface area (Å²) in [5.41, 5.74) is 0.171. The maximum Gasteiger partial charge on any atom is 0.292 e. The summed E-state index contributed by atoms with van der Waals surface area (Å²) in [6.07, 6.45) is 0. The van der Waals surface area contributed by atoms with E-state index in [1.165, 1.54) is 18.2 Å². The molecule has 0 aliphatic heterocycles. The summed E-state index contributed by atoms with van der Waals surface area (Å²) >= 11 is 0. The number of hydrogen-bond acceptors (Lipinski definition) is 5. The van der Waals surface area contributed by atoms with E-state index in [1.807, 2.05) is 19.9 Å². The summed E-state index contributed by atoms with van der Waals surface area (Å²) in [6, 6.07) is 6.07. The van der Waals surface area contributed by atoms with Crippen LogP contribution in [0.1, 0.15) is 19.4 Å². The SMILES string of the molecule is CC(C)(CO)CNc1cc(C#N)ccc1[N+](=O)[O-]. The highest BCUT2D eigenvalue weighted by atomic mass is 16.6. The van der Waals surface area contributed by atoms with Crippen LogP contribution >= 0.6 is 0 Å². The van der Waals surface area contributed by atoms with Crippen molar-refractivity contribution < 1.29 is 10.0 Å². The first-order chi connectivity index (χ1) is 8.39. The molecule has 0 bridgehead atoms. The number of nitrogens with one attached hydrogen (secondary N) is 1. The summed E-state index contributed by atoms with van der Waals surface area (Å²) in [5.74, 6) is 0. The third kappa shape index (κ3) is 3.43. The summed E-state index contributed by atoms with van der Waals surface area (Å²) < 4.78 is 0. The van der Waals surface area contributed by atoms with Gasteiger partial charge < -0.3 is 10.4 Å². The predicted molar refractivity (Wildman–Crippen MR) is 67.2 cm³/mol. The van der Waals surface area contributed by atoms with Crippen LogP contribution in [0.2, 0.25) is 0 Å². The van der Waals surface area contributed by atoms with Crippen LogP contribution in [0, 0.1) is 26.9 Å². The molecule has 0 heterocycles. The zero-order valence-electron chi connectivity index (χ0n) is 10.3. The van der Waals surface area contributed by atoms with E-state index in [9.17, 15) is 10.1 Å². The summed E-state index contributed by atoms with van der Waals surface area (Å²) in [6.45, 7) is 4.00. The Balaban J connectivity index is 2.99. The van der Waals surface area contributed by atoms with E-state index in [0.717, 1.165) is 0 Å². The summed E-state index contributed by atoms with van der Waals surface area (Å²) in [5, 5.41) is 31.7. The zero-order valence-corrected chi connectivity index (χ0v) is 10.3. The van der Waals surface area contributed by atoms with E-state index < -0.39 is 10.3 Å². The molecule has 0 radical (unpaired) electrons. The van der Waals surface area contributed by atoms with Crippen LogP contribution in [0.15, 0.2) is 18.2 Å². The fraction of sp³-hybridized carbons (Fsp3) is 0.417. The molecule has 0 atom stereocenters. The van der Waals surface area contributed by atoms with Gasteiger partial charge in [-0.15, -0.1) is 0 Å². The topological polar surface area (TPSA) is 99.2 Å². The van der Waals surface area contributed by atoms with E-state index in [0.29, 0.717) is 17.8 Å². The van der Waals surface area contributed by atoms with Gasteiger partial charge in [-0.2, -0.15) is 5.26 Å². The number of rotatable bonds is 5. The average Bonchev–Trinajstić information content (AvgIpc) is 2.36. The van der Waals surface area contributed by atoms with Crippen LogP contribution in [0.25, 0.3) is 0 Å². The molecule has 2 N–H and O–H groups in total. The minimum Gasteiger partial charge on any atom is -0.396 e. The molecular formula is C12H15N3O3. The van der Waals surface area contributed by atoms with Gasteiger partial charge in [-0.05, 0) is 12.1 Å². The minimum absolute atomic E-state index is 0.0360. The molecule has 6 heteroatoms. The molecule has 0 aromatic heterocycles. The van der Waals surface area contributed by atoms with Crippen molar-refractivity contribution in [1.82, 2.24) is 0 Å². The van der Waals surface area contributed by atoms with Crippen molar-refractivity contribution in [2.24, 2.45) is 5.41 Å². The Hall–Kier alpha value is -2.13. The monoisotopic (exact) mass is 249 g/mol. The molecule has 1 aromatic rings. The van der Waals surface area contributed by atoms with Gasteiger partial charge >= 0.3 is 0 Å². The molecule has 0 unspecified atom stereocenters. The molecule has 0 amide bonds. The van der Waals surface area contributed by atoms with E-state index in [1.54, 1.807) is 0 Å². The standard InChI is InChI=1S/C12H15N3O3/c1-12(2,8-16)7-14-10-5-9(6-13)3-4-11(10)15(17)18/h3-5,14,16H,7-8H2,1-2H3. The molecule has 0 fully saturated rings. The minimum atomic E-state index is -0.505. The first kappa shape index (κ1) is 13.9. The maximum absolute atomic E-state index is 10.8. The van der Waals surface area contributed by atoms with Gasteiger partial charge in [-0.1, -0.05) is 13.8 Å². The van der Waals surface area contributed by atoms with Crippen molar-refractivity contribution in [2.75, 3.05) is 18.5 Å². The Kier molecular flexibility index (Phi) is 4.23. The van der Waals surface area contributed by atoms with Crippen LogP contribution < -0.4 is 5.32 Å². The van der Waals surface area contributed by atoms with Crippen LogP contribution in [-0.4, -0.2) is 23.2 Å². The van der Waals surface area contributed by atoms with Crippen LogP contribution in [-0.2, 0) is 0 Å². The Bertz CT molecular complexity index is 492. The van der Waals surface area contributed by atoms with Gasteiger partial charge in [0.15, 0.2) is 0 Å². The zero-order chi connectivity index (χ0) is 13.8. The second-order valence-corrected chi connectivity index (χ2v) is 4.78. The Morgan fingerprint density at radius 2 is 2.22 bits per heavy atom. The van der Waals surface area contributed by atoms with Crippen LogP contribution in [0.5, 0.6) is 0 Å². The molecule has 96 valence electrons. The lowest BCUT2D eigenvalue weighted by Crippen LogP contribution is -2.27. The highest BCUT2D eigenvalue weighted by molar-refractivity contribution is 5.64. The number of hydrogen-bond donors (Lipinski definition) is 2. The second kappa shape index (κ2) is 5.47. The first-order valence-electron chi connectivity index (χ1n) is 5.43. The Labute approximate surface area is 105 Å². The molecule has 0 spiro atoms. The Morgan fingerprint density at radius 1 is 1.56 bits per heavy atom. The van der Waals surface area contributed by atoms with E-state index in [4.69, 9.17) is 10.4 Å². The molecule has 18 heavy (non-hydrogen) atoms. The van der Waals surface area contributed by atoms with Crippen molar-refractivity contribution in [3.05, 3.63) is 33.9 Å². The van der Waals surface area contributed by atoms with E-state index in [-0.39, 0.29) is 12.3 Å². The number of nitro benzene ring substituents is 1. The molecular weight excluding hydrogens is 234 g/mol. The maximum atomic E-state index is 10.8. The number of aliphatic hydroxyl groups is 1. The largest absolute Gasteiger partial charge is 0.396 e. The van der Waals surface area contributed by atoms with Gasteiger partial charge in [-0.25, -0.2) is 0 Å². The van der Waals surface area contributed by atoms with Gasteiger partial charge in [0.2, 0.25) is 0 Å². The van der Waals surface area contributed by atoms with Crippen molar-refractivity contribution in [1.29, 1.82) is 5.26 Å². The fourth-order valence-corrected chi connectivity index (χ4v) is 1.30. The van der Waals surface area contributed by atoms with Gasteiger partial charge in [0.25, 0.3) is 5.69 Å². The molecule has 0 aliphatic rings. The number of nitriles is 1. The van der Waals surface area contributed by atoms with Crippen molar-refractivity contribution >= 4 is 11.4 Å². The van der Waals surface area contributed by atoms with Gasteiger partial charge in [0.05, 0.1) is 16.6 Å². The summed E-state index contributed by atoms with van der Waals surface area (Å²) in [7, 11) is 0. The Morgan fingerprint density at radius 3 is 2.72 bits per heavy atom. The number of aliphatic hydroxyl groups excluding tert-OH is 1. The van der Waals surface area contributed by atoms with Gasteiger partial charge in [0.1, 0.15) is 5.69 Å². The number of anilines is 1. The average molecular weight is 249 g/mol. The van der Waals surface area contributed by atoms with Gasteiger partial charge in [0, 0.05) is 24.6 Å². The van der Waals surface area contributed by atoms with Crippen molar-refractivity contribution in [3.8, 4) is 6.07 Å². The predicted octanol–water partition coefficient (Wildman–Crippen LogP) is 1.90. The lowest BCUT2D eigenvalue weighted by atomic mass is 9.95. The van der Waals surface area contributed by atoms with Gasteiger partial charge in [-0.3, -0.25) is 10.1 Å². The van der Waals surface area contributed by atoms with Crippen LogP contribution in [0.3, 0.4) is 0 Å². The number of benzene rings is 1. The highest BCUT2D eigenvalue weighted by Crippen LogP contribution is 2.26. The quantitative estimate of drug-likeness (QED) is 0.613. The number of nitrogens with zero attached hydrogens (tertiary/aromatic N) is 2. The molecule has 1 rings (SSSR count). The second-order valence-electron chi connectivity index (χ2n) is 4.78. The van der Waals surface area contributed by atoms with Crippen molar-refractivity contribution in [2.45, 2.75) is 13.8 Å². The lowest BCUT2D eigenvalue weighted by Gasteiger charge is -2.22. The molecule has 0 saturated heterocycles. The smallest absolute Gasteiger partial charge is 0.292 e. The summed E-state index contributed by atoms with van der Waals surface area (Å²) in [4.78, 5) is 10.3. The fourth-order valence-electron chi connectivity index (χ4n) is 1.30. The third-order valence-electron chi connectivity index (χ3n) is 2.51. The van der Waals surface area contributed by atoms with E-state index in [2.05, 4.69) is 5.32 Å². The van der Waals surface area contributed by atoms with Crippen LogP contribution in [0.4, 0.5) is 11.4 Å². The normalized spacial score (nSPS) is 10.8. The molecule has 6 nitrogen and oxygen atoms in total. The number of nitro groups is 1. The van der Waals surface area contributed by atoms with Crippen molar-refractivity contribution in [3.63, 3.8) is 0 Å².